The Bertz CT molecular complexity index is 749. The van der Waals surface area contributed by atoms with Gasteiger partial charge in [-0.2, -0.15) is 0 Å². The van der Waals surface area contributed by atoms with Crippen LogP contribution in [0, 0.1) is 0 Å². The Labute approximate surface area is 191 Å². The second-order valence-corrected chi connectivity index (χ2v) is 7.15. The fourth-order valence-corrected chi connectivity index (χ4v) is 3.30. The quantitative estimate of drug-likeness (QED) is 0.330. The number of rotatable bonds is 7. The Morgan fingerprint density at radius 2 is 1.83 bits per heavy atom. The van der Waals surface area contributed by atoms with E-state index in [0.29, 0.717) is 19.3 Å². The normalized spacial score (nSPS) is 16.0. The van der Waals surface area contributed by atoms with Crippen LogP contribution < -0.4 is 10.6 Å². The SMILES string of the molecule is CN=C(NCc1cccc(COC2CCOCC2)c1)NC(C)c1ccccc1.I. The maximum absolute atomic E-state index is 6.04. The fraction of sp³-hybridized carbons (Fsp3) is 0.435. The lowest BCUT2D eigenvalue weighted by Crippen LogP contribution is -2.38. The van der Waals surface area contributed by atoms with Gasteiger partial charge in [-0.25, -0.2) is 0 Å². The summed E-state index contributed by atoms with van der Waals surface area (Å²) < 4.78 is 11.4. The summed E-state index contributed by atoms with van der Waals surface area (Å²) in [7, 11) is 1.80. The van der Waals surface area contributed by atoms with E-state index in [0.717, 1.165) is 32.0 Å². The van der Waals surface area contributed by atoms with E-state index in [1.54, 1.807) is 7.05 Å². The summed E-state index contributed by atoms with van der Waals surface area (Å²) in [5.41, 5.74) is 3.65. The van der Waals surface area contributed by atoms with E-state index < -0.39 is 0 Å². The van der Waals surface area contributed by atoms with Crippen molar-refractivity contribution in [3.63, 3.8) is 0 Å². The van der Waals surface area contributed by atoms with E-state index in [1.165, 1.54) is 16.7 Å². The van der Waals surface area contributed by atoms with Gasteiger partial charge in [-0.1, -0.05) is 54.6 Å². The minimum absolute atomic E-state index is 0. The Morgan fingerprint density at radius 3 is 2.55 bits per heavy atom. The van der Waals surface area contributed by atoms with E-state index in [-0.39, 0.29) is 30.0 Å². The number of hydrogen-bond donors (Lipinski definition) is 2. The average Bonchev–Trinajstić information content (AvgIpc) is 2.76. The summed E-state index contributed by atoms with van der Waals surface area (Å²) in [6.45, 7) is 5.11. The average molecular weight is 509 g/mol. The predicted octanol–water partition coefficient (Wildman–Crippen LogP) is 4.43. The molecule has 1 atom stereocenters. The van der Waals surface area contributed by atoms with Crippen LogP contribution in [0.4, 0.5) is 0 Å². The molecule has 2 aromatic carbocycles. The number of ether oxygens (including phenoxy) is 2. The van der Waals surface area contributed by atoms with Gasteiger partial charge in [0.05, 0.1) is 18.8 Å². The van der Waals surface area contributed by atoms with Crippen molar-refractivity contribution in [2.75, 3.05) is 20.3 Å². The molecule has 6 heteroatoms. The van der Waals surface area contributed by atoms with Crippen molar-refractivity contribution < 1.29 is 9.47 Å². The summed E-state index contributed by atoms with van der Waals surface area (Å²) in [5.74, 6) is 0.792. The maximum atomic E-state index is 6.04. The van der Waals surface area contributed by atoms with Crippen molar-refractivity contribution in [3.8, 4) is 0 Å². The highest BCUT2D eigenvalue weighted by molar-refractivity contribution is 14.0. The highest BCUT2D eigenvalue weighted by atomic mass is 127. The molecule has 0 saturated carbocycles. The molecule has 2 aromatic rings. The minimum atomic E-state index is 0. The van der Waals surface area contributed by atoms with Crippen LogP contribution in [0.15, 0.2) is 59.6 Å². The molecule has 1 unspecified atom stereocenters. The number of benzene rings is 2. The van der Waals surface area contributed by atoms with Crippen molar-refractivity contribution >= 4 is 29.9 Å². The van der Waals surface area contributed by atoms with E-state index >= 15 is 0 Å². The maximum Gasteiger partial charge on any atom is 0.191 e. The van der Waals surface area contributed by atoms with Gasteiger partial charge in [0.15, 0.2) is 5.96 Å². The third-order valence-corrected chi connectivity index (χ3v) is 4.98. The molecule has 0 amide bonds. The largest absolute Gasteiger partial charge is 0.381 e. The van der Waals surface area contributed by atoms with Crippen molar-refractivity contribution in [2.45, 2.75) is 45.1 Å². The number of aliphatic imine (C=N–C) groups is 1. The second-order valence-electron chi connectivity index (χ2n) is 7.15. The molecular formula is C23H32IN3O2. The molecule has 1 aliphatic heterocycles. The van der Waals surface area contributed by atoms with Gasteiger partial charge in [0.1, 0.15) is 0 Å². The fourth-order valence-electron chi connectivity index (χ4n) is 3.30. The molecule has 29 heavy (non-hydrogen) atoms. The molecule has 5 nitrogen and oxygen atoms in total. The summed E-state index contributed by atoms with van der Waals surface area (Å²) in [5, 5.41) is 6.84. The molecule has 1 aliphatic rings. The highest BCUT2D eigenvalue weighted by Crippen LogP contribution is 2.14. The van der Waals surface area contributed by atoms with Gasteiger partial charge < -0.3 is 20.1 Å². The van der Waals surface area contributed by atoms with E-state index in [2.05, 4.69) is 71.1 Å². The van der Waals surface area contributed by atoms with E-state index in [4.69, 9.17) is 9.47 Å². The lowest BCUT2D eigenvalue weighted by atomic mass is 10.1. The Balaban J connectivity index is 0.00000300. The van der Waals surface area contributed by atoms with Crippen LogP contribution in [0.2, 0.25) is 0 Å². The van der Waals surface area contributed by atoms with Gasteiger partial charge in [0.2, 0.25) is 0 Å². The Morgan fingerprint density at radius 1 is 1.10 bits per heavy atom. The zero-order chi connectivity index (χ0) is 19.6. The molecule has 0 aliphatic carbocycles. The molecule has 2 N–H and O–H groups in total. The topological polar surface area (TPSA) is 54.9 Å². The summed E-state index contributed by atoms with van der Waals surface area (Å²) in [4.78, 5) is 4.35. The molecule has 0 radical (unpaired) electrons. The first-order valence-corrected chi connectivity index (χ1v) is 10.0. The molecule has 0 spiro atoms. The number of hydrogen-bond acceptors (Lipinski definition) is 3. The third kappa shape index (κ3) is 7.95. The van der Waals surface area contributed by atoms with Gasteiger partial charge in [0, 0.05) is 26.8 Å². The number of nitrogens with one attached hydrogen (secondary N) is 2. The standard InChI is InChI=1S/C23H31N3O2.HI/c1-18(21-9-4-3-5-10-21)26-23(24-2)25-16-19-7-6-8-20(15-19)17-28-22-11-13-27-14-12-22;/h3-10,15,18,22H,11-14,16-17H2,1-2H3,(H2,24,25,26);1H. The van der Waals surface area contributed by atoms with Gasteiger partial charge in [-0.3, -0.25) is 4.99 Å². The zero-order valence-electron chi connectivity index (χ0n) is 17.3. The molecular weight excluding hydrogens is 477 g/mol. The smallest absolute Gasteiger partial charge is 0.191 e. The molecule has 0 aromatic heterocycles. The van der Waals surface area contributed by atoms with E-state index in [1.807, 2.05) is 6.07 Å². The van der Waals surface area contributed by atoms with Crippen LogP contribution in [0.3, 0.4) is 0 Å². The molecule has 158 valence electrons. The first-order chi connectivity index (χ1) is 13.7. The number of guanidine groups is 1. The van der Waals surface area contributed by atoms with Crippen LogP contribution in [0.1, 0.15) is 42.5 Å². The summed E-state index contributed by atoms with van der Waals surface area (Å²) >= 11 is 0. The van der Waals surface area contributed by atoms with Gasteiger partial charge in [-0.05, 0) is 36.5 Å². The zero-order valence-corrected chi connectivity index (χ0v) is 19.6. The first-order valence-electron chi connectivity index (χ1n) is 10.0. The van der Waals surface area contributed by atoms with Gasteiger partial charge >= 0.3 is 0 Å². The Kier molecular flexibility index (Phi) is 10.5. The van der Waals surface area contributed by atoms with Crippen LogP contribution in [0.5, 0.6) is 0 Å². The van der Waals surface area contributed by atoms with Crippen molar-refractivity contribution in [1.29, 1.82) is 0 Å². The third-order valence-electron chi connectivity index (χ3n) is 4.98. The minimum Gasteiger partial charge on any atom is -0.381 e. The number of nitrogens with zero attached hydrogens (tertiary/aromatic N) is 1. The monoisotopic (exact) mass is 509 g/mol. The van der Waals surface area contributed by atoms with Crippen molar-refractivity contribution in [2.24, 2.45) is 4.99 Å². The van der Waals surface area contributed by atoms with Crippen LogP contribution in [-0.2, 0) is 22.6 Å². The van der Waals surface area contributed by atoms with E-state index in [9.17, 15) is 0 Å². The van der Waals surface area contributed by atoms with Crippen LogP contribution >= 0.6 is 24.0 Å². The van der Waals surface area contributed by atoms with Crippen LogP contribution in [-0.4, -0.2) is 32.3 Å². The molecule has 1 heterocycles. The summed E-state index contributed by atoms with van der Waals surface area (Å²) in [6, 6.07) is 19.1. The van der Waals surface area contributed by atoms with Gasteiger partial charge in [-0.15, -0.1) is 24.0 Å². The number of halogens is 1. The highest BCUT2D eigenvalue weighted by Gasteiger charge is 2.14. The molecule has 0 bridgehead atoms. The second kappa shape index (κ2) is 12.8. The molecule has 1 saturated heterocycles. The van der Waals surface area contributed by atoms with Crippen molar-refractivity contribution in [3.05, 3.63) is 71.3 Å². The van der Waals surface area contributed by atoms with Gasteiger partial charge in [0.25, 0.3) is 0 Å². The first kappa shape index (κ1) is 23.6. The Hall–Kier alpha value is -1.64. The predicted molar refractivity (Wildman–Crippen MR) is 129 cm³/mol. The lowest BCUT2D eigenvalue weighted by Gasteiger charge is -2.22. The van der Waals surface area contributed by atoms with Crippen molar-refractivity contribution in [1.82, 2.24) is 10.6 Å². The molecule has 1 fully saturated rings. The molecule has 3 rings (SSSR count). The van der Waals surface area contributed by atoms with Crippen LogP contribution in [0.25, 0.3) is 0 Å². The lowest BCUT2D eigenvalue weighted by molar-refractivity contribution is -0.0390. The summed E-state index contributed by atoms with van der Waals surface area (Å²) in [6.07, 6.45) is 2.30.